The summed E-state index contributed by atoms with van der Waals surface area (Å²) in [4.78, 5) is 36.6. The average molecular weight is 345 g/mol. The molecule has 0 saturated heterocycles. The number of nitrogens with zero attached hydrogens (tertiary/aromatic N) is 1. The molecular formula is C20H11NO5. The summed E-state index contributed by atoms with van der Waals surface area (Å²) in [6.07, 6.45) is 0. The number of carbonyl (C=O) groups is 2. The van der Waals surface area contributed by atoms with Crippen LogP contribution in [0, 0.1) is 10.1 Å². The van der Waals surface area contributed by atoms with Crippen LogP contribution in [0.4, 0.5) is 5.69 Å². The Hall–Kier alpha value is -3.80. The van der Waals surface area contributed by atoms with Crippen molar-refractivity contribution in [1.29, 1.82) is 0 Å². The minimum absolute atomic E-state index is 0.0771. The van der Waals surface area contributed by atoms with Crippen molar-refractivity contribution >= 4 is 17.3 Å². The summed E-state index contributed by atoms with van der Waals surface area (Å²) in [7, 11) is 0. The van der Waals surface area contributed by atoms with Gasteiger partial charge < -0.3 is 4.74 Å². The molecular weight excluding hydrogens is 334 g/mol. The first kappa shape index (κ1) is 15.7. The molecule has 6 nitrogen and oxygen atoms in total. The van der Waals surface area contributed by atoms with Crippen LogP contribution in [0.5, 0.6) is 11.5 Å². The minimum Gasteiger partial charge on any atom is -0.457 e. The van der Waals surface area contributed by atoms with Gasteiger partial charge in [0, 0.05) is 17.2 Å². The lowest BCUT2D eigenvalue weighted by Gasteiger charge is -2.20. The van der Waals surface area contributed by atoms with Crippen molar-refractivity contribution in [2.75, 3.05) is 0 Å². The van der Waals surface area contributed by atoms with Crippen LogP contribution in [-0.4, -0.2) is 16.5 Å². The van der Waals surface area contributed by atoms with Crippen molar-refractivity contribution in [2.24, 2.45) is 0 Å². The van der Waals surface area contributed by atoms with Crippen molar-refractivity contribution in [3.05, 3.63) is 99.1 Å². The van der Waals surface area contributed by atoms with E-state index in [0.29, 0.717) is 5.75 Å². The van der Waals surface area contributed by atoms with Gasteiger partial charge in [0.2, 0.25) is 5.78 Å². The smallest absolute Gasteiger partial charge is 0.281 e. The van der Waals surface area contributed by atoms with E-state index in [9.17, 15) is 19.7 Å². The van der Waals surface area contributed by atoms with Crippen molar-refractivity contribution in [3.8, 4) is 11.5 Å². The fraction of sp³-hybridized carbons (Fsp3) is 0. The van der Waals surface area contributed by atoms with Gasteiger partial charge in [0.25, 0.3) is 5.69 Å². The number of nitro benzene ring substituents is 1. The molecule has 0 spiro atoms. The van der Waals surface area contributed by atoms with Gasteiger partial charge in [-0.3, -0.25) is 19.7 Å². The lowest BCUT2D eigenvalue weighted by Crippen LogP contribution is -2.22. The van der Waals surface area contributed by atoms with E-state index in [0.717, 1.165) is 0 Å². The third-order valence-electron chi connectivity index (χ3n) is 4.18. The Labute approximate surface area is 147 Å². The largest absolute Gasteiger partial charge is 0.457 e. The highest BCUT2D eigenvalue weighted by Crippen LogP contribution is 2.39. The summed E-state index contributed by atoms with van der Waals surface area (Å²) in [6, 6.07) is 17.5. The fourth-order valence-corrected chi connectivity index (χ4v) is 3.03. The van der Waals surface area contributed by atoms with Crippen molar-refractivity contribution in [2.45, 2.75) is 0 Å². The van der Waals surface area contributed by atoms with Gasteiger partial charge in [0.1, 0.15) is 17.1 Å². The Kier molecular flexibility index (Phi) is 3.58. The number of benzene rings is 3. The summed E-state index contributed by atoms with van der Waals surface area (Å²) >= 11 is 0. The molecule has 0 unspecified atom stereocenters. The number of nitro groups is 1. The van der Waals surface area contributed by atoms with Gasteiger partial charge in [-0.2, -0.15) is 0 Å². The summed E-state index contributed by atoms with van der Waals surface area (Å²) in [5.41, 5.74) is -0.347. The molecule has 0 atom stereocenters. The Morgan fingerprint density at radius 3 is 1.92 bits per heavy atom. The summed E-state index contributed by atoms with van der Waals surface area (Å²) in [6.45, 7) is 0. The van der Waals surface area contributed by atoms with E-state index in [4.69, 9.17) is 4.74 Å². The SMILES string of the molecule is O=C1c2ccccc2C(=O)c2c([N+](=O)[O-])ccc(Oc3ccccc3)c21. The summed E-state index contributed by atoms with van der Waals surface area (Å²) < 4.78 is 5.75. The second kappa shape index (κ2) is 5.93. The molecule has 4 rings (SSSR count). The van der Waals surface area contributed by atoms with E-state index >= 15 is 0 Å². The molecule has 0 amide bonds. The number of fused-ring (bicyclic) bond motifs is 2. The van der Waals surface area contributed by atoms with Gasteiger partial charge in [-0.1, -0.05) is 42.5 Å². The highest BCUT2D eigenvalue weighted by molar-refractivity contribution is 6.30. The lowest BCUT2D eigenvalue weighted by molar-refractivity contribution is -0.385. The first-order valence-electron chi connectivity index (χ1n) is 7.80. The number of ketones is 2. The molecule has 1 aliphatic rings. The quantitative estimate of drug-likeness (QED) is 0.411. The number of hydrogen-bond donors (Lipinski definition) is 0. The zero-order valence-electron chi connectivity index (χ0n) is 13.3. The zero-order valence-corrected chi connectivity index (χ0v) is 13.3. The summed E-state index contributed by atoms with van der Waals surface area (Å²) in [5, 5.41) is 11.4. The number of rotatable bonds is 3. The predicted octanol–water partition coefficient (Wildman–Crippen LogP) is 4.16. The second-order valence-electron chi connectivity index (χ2n) is 5.71. The minimum atomic E-state index is -0.662. The van der Waals surface area contributed by atoms with Gasteiger partial charge in [0.05, 0.1) is 10.5 Å². The molecule has 0 heterocycles. The Morgan fingerprint density at radius 2 is 1.31 bits per heavy atom. The van der Waals surface area contributed by atoms with E-state index in [1.807, 2.05) is 6.07 Å². The van der Waals surface area contributed by atoms with Gasteiger partial charge >= 0.3 is 0 Å². The zero-order chi connectivity index (χ0) is 18.3. The second-order valence-corrected chi connectivity index (χ2v) is 5.71. The van der Waals surface area contributed by atoms with Gasteiger partial charge in [-0.15, -0.1) is 0 Å². The van der Waals surface area contributed by atoms with Gasteiger partial charge in [-0.25, -0.2) is 0 Å². The van der Waals surface area contributed by atoms with Crippen molar-refractivity contribution in [1.82, 2.24) is 0 Å². The molecule has 0 fully saturated rings. The van der Waals surface area contributed by atoms with Crippen LogP contribution in [0.25, 0.3) is 0 Å². The number of hydrogen-bond acceptors (Lipinski definition) is 5. The molecule has 0 bridgehead atoms. The third-order valence-corrected chi connectivity index (χ3v) is 4.18. The molecule has 0 radical (unpaired) electrons. The fourth-order valence-electron chi connectivity index (χ4n) is 3.03. The van der Waals surface area contributed by atoms with E-state index in [1.54, 1.807) is 36.4 Å². The highest BCUT2D eigenvalue weighted by Gasteiger charge is 2.38. The highest BCUT2D eigenvalue weighted by atomic mass is 16.6. The lowest BCUT2D eigenvalue weighted by atomic mass is 9.82. The molecule has 0 N–H and O–H groups in total. The third kappa shape index (κ3) is 2.36. The summed E-state index contributed by atoms with van der Waals surface area (Å²) in [5.74, 6) is -0.447. The van der Waals surface area contributed by atoms with Crippen LogP contribution in [-0.2, 0) is 0 Å². The van der Waals surface area contributed by atoms with E-state index in [2.05, 4.69) is 0 Å². The molecule has 26 heavy (non-hydrogen) atoms. The standard InChI is InChI=1S/C20H11NO5/c22-19-13-8-4-5-9-14(13)20(23)18-16(26-12-6-2-1-3-7-12)11-10-15(17(18)19)21(24)25/h1-11H. The first-order chi connectivity index (χ1) is 12.6. The molecule has 3 aromatic carbocycles. The Morgan fingerprint density at radius 1 is 0.731 bits per heavy atom. The topological polar surface area (TPSA) is 86.5 Å². The van der Waals surface area contributed by atoms with Gasteiger partial charge in [0.15, 0.2) is 5.78 Å². The maximum Gasteiger partial charge on any atom is 0.281 e. The maximum atomic E-state index is 13.0. The van der Waals surface area contributed by atoms with E-state index in [1.165, 1.54) is 24.3 Å². The van der Waals surface area contributed by atoms with Crippen LogP contribution in [0.15, 0.2) is 66.7 Å². The maximum absolute atomic E-state index is 13.0. The number of ether oxygens (including phenoxy) is 1. The average Bonchev–Trinajstić information content (AvgIpc) is 2.66. The number of para-hydroxylation sites is 1. The molecule has 3 aromatic rings. The number of carbonyl (C=O) groups excluding carboxylic acids is 2. The molecule has 1 aliphatic carbocycles. The molecule has 0 aromatic heterocycles. The van der Waals surface area contributed by atoms with Crippen LogP contribution in [0.2, 0.25) is 0 Å². The van der Waals surface area contributed by atoms with Crippen LogP contribution < -0.4 is 4.74 Å². The molecule has 126 valence electrons. The van der Waals surface area contributed by atoms with Crippen LogP contribution in [0.1, 0.15) is 31.8 Å². The van der Waals surface area contributed by atoms with E-state index < -0.39 is 22.2 Å². The Bertz CT molecular complexity index is 1070. The van der Waals surface area contributed by atoms with Crippen LogP contribution in [0.3, 0.4) is 0 Å². The van der Waals surface area contributed by atoms with Crippen molar-refractivity contribution in [3.63, 3.8) is 0 Å². The normalized spacial score (nSPS) is 12.3. The Balaban J connectivity index is 1.96. The van der Waals surface area contributed by atoms with Crippen LogP contribution >= 0.6 is 0 Å². The first-order valence-corrected chi connectivity index (χ1v) is 7.80. The molecule has 0 aliphatic heterocycles. The van der Waals surface area contributed by atoms with Crippen molar-refractivity contribution < 1.29 is 19.2 Å². The molecule has 0 saturated carbocycles. The molecule has 6 heteroatoms. The van der Waals surface area contributed by atoms with E-state index in [-0.39, 0.29) is 28.0 Å². The predicted molar refractivity (Wildman–Crippen MR) is 92.9 cm³/mol. The monoisotopic (exact) mass is 345 g/mol. The van der Waals surface area contributed by atoms with Gasteiger partial charge in [-0.05, 0) is 18.2 Å².